The van der Waals surface area contributed by atoms with E-state index >= 15 is 0 Å². The summed E-state index contributed by atoms with van der Waals surface area (Å²) in [6.45, 7) is 2.06. The summed E-state index contributed by atoms with van der Waals surface area (Å²) in [5.74, 6) is -0.219. The molecular weight excluding hydrogens is 276 g/mol. The molecule has 1 aliphatic heterocycles. The first-order valence-electron chi connectivity index (χ1n) is 7.21. The van der Waals surface area contributed by atoms with Crippen LogP contribution in [0.5, 0.6) is 0 Å². The van der Waals surface area contributed by atoms with Gasteiger partial charge in [-0.2, -0.15) is 0 Å². The molecule has 6 atom stereocenters. The van der Waals surface area contributed by atoms with Crippen molar-refractivity contribution in [3.63, 3.8) is 0 Å². The van der Waals surface area contributed by atoms with Crippen molar-refractivity contribution < 1.29 is 14.9 Å². The Balaban J connectivity index is 1.86. The van der Waals surface area contributed by atoms with E-state index in [1.807, 2.05) is 0 Å². The van der Waals surface area contributed by atoms with Crippen LogP contribution in [0.2, 0.25) is 0 Å². The Bertz CT molecular complexity index is 710. The fraction of sp³-hybridized carbons (Fsp3) is 0.714. The van der Waals surface area contributed by atoms with Gasteiger partial charge in [0.25, 0.3) is 5.56 Å². The zero-order valence-corrected chi connectivity index (χ0v) is 11.7. The molecule has 0 aromatic carbocycles. The van der Waals surface area contributed by atoms with Crippen molar-refractivity contribution in [2.45, 2.75) is 31.6 Å². The van der Waals surface area contributed by atoms with E-state index in [4.69, 9.17) is 4.74 Å². The fourth-order valence-electron chi connectivity index (χ4n) is 4.70. The number of H-pyrrole nitrogens is 1. The first kappa shape index (κ1) is 13.2. The number of ether oxygens (including phenoxy) is 1. The van der Waals surface area contributed by atoms with Gasteiger partial charge in [0, 0.05) is 35.1 Å². The summed E-state index contributed by atoms with van der Waals surface area (Å²) in [5, 5.41) is 20.1. The zero-order chi connectivity index (χ0) is 14.9. The maximum Gasteiger partial charge on any atom is 0.328 e. The number of aromatic nitrogens is 2. The Morgan fingerprint density at radius 1 is 1.52 bits per heavy atom. The summed E-state index contributed by atoms with van der Waals surface area (Å²) < 4.78 is 7.20. The first-order chi connectivity index (χ1) is 9.98. The van der Waals surface area contributed by atoms with Crippen LogP contribution in [-0.4, -0.2) is 45.2 Å². The summed E-state index contributed by atoms with van der Waals surface area (Å²) in [6, 6.07) is -0.234. The lowest BCUT2D eigenvalue weighted by Gasteiger charge is -2.30. The highest BCUT2D eigenvalue weighted by molar-refractivity contribution is 5.19. The molecule has 1 saturated heterocycles. The van der Waals surface area contributed by atoms with Crippen molar-refractivity contribution in [3.05, 3.63) is 32.6 Å². The van der Waals surface area contributed by atoms with Crippen LogP contribution in [0.1, 0.15) is 18.0 Å². The van der Waals surface area contributed by atoms with Crippen LogP contribution in [0.15, 0.2) is 15.8 Å². The SMILES string of the molecule is Cc1cn([C@@H]2[C@@H]3C[C@@]4(CO)CO[C@@H]([C@@H]3O)[C@@H]24)c(=O)[nH]c1=O. The molecule has 1 aromatic heterocycles. The molecule has 7 heteroatoms. The van der Waals surface area contributed by atoms with Crippen LogP contribution in [-0.2, 0) is 4.74 Å². The van der Waals surface area contributed by atoms with Gasteiger partial charge in [0.2, 0.25) is 0 Å². The Kier molecular flexibility index (Phi) is 2.56. The maximum absolute atomic E-state index is 12.2. The van der Waals surface area contributed by atoms with Gasteiger partial charge in [0.05, 0.1) is 25.4 Å². The number of fused-ring (bicyclic) bond motifs is 1. The van der Waals surface area contributed by atoms with E-state index < -0.39 is 17.4 Å². The predicted octanol–water partition coefficient (Wildman–Crippen LogP) is -1.23. The largest absolute Gasteiger partial charge is 0.396 e. The minimum atomic E-state index is -0.624. The molecule has 3 fully saturated rings. The number of nitrogens with one attached hydrogen (secondary N) is 1. The van der Waals surface area contributed by atoms with Crippen molar-refractivity contribution in [1.29, 1.82) is 0 Å². The summed E-state index contributed by atoms with van der Waals surface area (Å²) >= 11 is 0. The molecule has 0 unspecified atom stereocenters. The molecule has 0 amide bonds. The van der Waals surface area contributed by atoms with Crippen LogP contribution < -0.4 is 11.2 Å². The fourth-order valence-corrected chi connectivity index (χ4v) is 4.70. The molecule has 2 bridgehead atoms. The van der Waals surface area contributed by atoms with Crippen molar-refractivity contribution in [1.82, 2.24) is 9.55 Å². The number of nitrogens with zero attached hydrogens (tertiary/aromatic N) is 1. The van der Waals surface area contributed by atoms with Gasteiger partial charge in [0.15, 0.2) is 0 Å². The number of rotatable bonds is 2. The molecule has 2 heterocycles. The molecule has 0 radical (unpaired) electrons. The van der Waals surface area contributed by atoms with Crippen LogP contribution >= 0.6 is 0 Å². The first-order valence-corrected chi connectivity index (χ1v) is 7.21. The smallest absolute Gasteiger partial charge is 0.328 e. The Hall–Kier alpha value is -1.44. The third kappa shape index (κ3) is 1.48. The van der Waals surface area contributed by atoms with Gasteiger partial charge < -0.3 is 14.9 Å². The standard InChI is InChI=1S/C14H18N2O5/c1-6-3-16(13(20)15-12(6)19)9-7-2-14(4-17)5-21-11(8(9)14)10(7)18/h3,7-11,17-18H,2,4-5H2,1H3,(H,15,19,20)/t7-,8+,9+,10+,11+,14+/m0/s1. The van der Waals surface area contributed by atoms with E-state index in [-0.39, 0.29) is 36.0 Å². The van der Waals surface area contributed by atoms with Gasteiger partial charge in [-0.05, 0) is 13.3 Å². The summed E-state index contributed by atoms with van der Waals surface area (Å²) in [4.78, 5) is 26.0. The second-order valence-electron chi connectivity index (χ2n) is 6.65. The molecule has 1 aromatic rings. The van der Waals surface area contributed by atoms with Crippen LogP contribution in [0.4, 0.5) is 0 Å². The summed E-state index contributed by atoms with van der Waals surface area (Å²) in [5.41, 5.74) is -0.767. The Morgan fingerprint density at radius 2 is 2.29 bits per heavy atom. The Labute approximate surface area is 120 Å². The predicted molar refractivity (Wildman–Crippen MR) is 72.0 cm³/mol. The minimum Gasteiger partial charge on any atom is -0.396 e. The maximum atomic E-state index is 12.2. The number of aliphatic hydroxyl groups excluding tert-OH is 2. The lowest BCUT2D eigenvalue weighted by atomic mass is 9.74. The van der Waals surface area contributed by atoms with Crippen molar-refractivity contribution in [3.8, 4) is 0 Å². The molecular formula is C14H18N2O5. The number of aryl methyl sites for hydroxylation is 1. The van der Waals surface area contributed by atoms with E-state index in [0.29, 0.717) is 18.6 Å². The van der Waals surface area contributed by atoms with Crippen LogP contribution in [0.25, 0.3) is 0 Å². The van der Waals surface area contributed by atoms with Gasteiger partial charge >= 0.3 is 5.69 Å². The van der Waals surface area contributed by atoms with E-state index in [2.05, 4.69) is 4.98 Å². The van der Waals surface area contributed by atoms with E-state index in [0.717, 1.165) is 0 Å². The molecule has 7 nitrogen and oxygen atoms in total. The molecule has 21 heavy (non-hydrogen) atoms. The molecule has 4 rings (SSSR count). The monoisotopic (exact) mass is 294 g/mol. The quantitative estimate of drug-likeness (QED) is 0.634. The molecule has 2 aliphatic carbocycles. The van der Waals surface area contributed by atoms with E-state index in [9.17, 15) is 19.8 Å². The van der Waals surface area contributed by atoms with Crippen molar-refractivity contribution in [2.75, 3.05) is 13.2 Å². The molecule has 3 N–H and O–H groups in total. The normalized spacial score (nSPS) is 43.7. The summed E-state index contributed by atoms with van der Waals surface area (Å²) in [6.07, 6.45) is 1.24. The number of hydrogen-bond acceptors (Lipinski definition) is 5. The molecule has 3 aliphatic rings. The number of hydrogen-bond donors (Lipinski definition) is 3. The third-order valence-electron chi connectivity index (χ3n) is 5.63. The summed E-state index contributed by atoms with van der Waals surface area (Å²) in [7, 11) is 0. The molecule has 0 spiro atoms. The molecule has 2 saturated carbocycles. The molecule has 114 valence electrons. The highest BCUT2D eigenvalue weighted by Crippen LogP contribution is 2.65. The Morgan fingerprint density at radius 3 is 3.00 bits per heavy atom. The van der Waals surface area contributed by atoms with Crippen LogP contribution in [0.3, 0.4) is 0 Å². The van der Waals surface area contributed by atoms with Gasteiger partial charge in [-0.15, -0.1) is 0 Å². The number of aromatic amines is 1. The van der Waals surface area contributed by atoms with Gasteiger partial charge in [-0.3, -0.25) is 14.3 Å². The second-order valence-corrected chi connectivity index (χ2v) is 6.65. The van der Waals surface area contributed by atoms with Crippen molar-refractivity contribution >= 4 is 0 Å². The minimum absolute atomic E-state index is 0.00896. The van der Waals surface area contributed by atoms with E-state index in [1.165, 1.54) is 4.57 Å². The number of aliphatic hydroxyl groups is 2. The van der Waals surface area contributed by atoms with Gasteiger partial charge in [0.1, 0.15) is 0 Å². The third-order valence-corrected chi connectivity index (χ3v) is 5.63. The van der Waals surface area contributed by atoms with Crippen molar-refractivity contribution in [2.24, 2.45) is 17.3 Å². The second kappa shape index (κ2) is 4.06. The average molecular weight is 294 g/mol. The van der Waals surface area contributed by atoms with Gasteiger partial charge in [-0.1, -0.05) is 0 Å². The highest BCUT2D eigenvalue weighted by Gasteiger charge is 2.70. The zero-order valence-electron chi connectivity index (χ0n) is 11.7. The van der Waals surface area contributed by atoms with Gasteiger partial charge in [-0.25, -0.2) is 4.79 Å². The van der Waals surface area contributed by atoms with E-state index in [1.54, 1.807) is 13.1 Å². The highest BCUT2D eigenvalue weighted by atomic mass is 16.5. The topological polar surface area (TPSA) is 105 Å². The lowest BCUT2D eigenvalue weighted by molar-refractivity contribution is -0.0112. The lowest BCUT2D eigenvalue weighted by Crippen LogP contribution is -2.40. The van der Waals surface area contributed by atoms with Crippen LogP contribution in [0, 0.1) is 24.2 Å². The average Bonchev–Trinajstić information content (AvgIpc) is 3.01.